The van der Waals surface area contributed by atoms with Crippen molar-refractivity contribution in [3.8, 4) is 0 Å². The Balaban J connectivity index is 1.28. The highest BCUT2D eigenvalue weighted by Gasteiger charge is 2.34. The SMILES string of the molecule is NC(=O)c1ccc2c(c1)CCC2c1ccc(S(=O)(=O)N2CCN(c3cc(C(F)(F)F)cc(Cl)n3)CC2)cc1. The van der Waals surface area contributed by atoms with E-state index >= 15 is 0 Å². The quantitative estimate of drug-likeness (QED) is 0.462. The molecule has 3 aromatic rings. The maximum absolute atomic E-state index is 13.3. The highest BCUT2D eigenvalue weighted by Crippen LogP contribution is 2.39. The first kappa shape index (κ1) is 26.5. The molecule has 7 nitrogen and oxygen atoms in total. The van der Waals surface area contributed by atoms with Crippen molar-refractivity contribution in [2.75, 3.05) is 31.1 Å². The van der Waals surface area contributed by atoms with Crippen LogP contribution < -0.4 is 10.6 Å². The van der Waals surface area contributed by atoms with Crippen molar-refractivity contribution in [3.05, 3.63) is 87.6 Å². The predicted molar refractivity (Wildman–Crippen MR) is 137 cm³/mol. The normalized spacial score (nSPS) is 18.4. The number of nitrogens with two attached hydrogens (primary N) is 1. The average molecular weight is 565 g/mol. The first-order chi connectivity index (χ1) is 17.9. The van der Waals surface area contributed by atoms with Crippen LogP contribution in [0.2, 0.25) is 5.15 Å². The fourth-order valence-corrected chi connectivity index (χ4v) is 6.73. The zero-order chi connectivity index (χ0) is 27.2. The number of amides is 1. The Bertz CT molecular complexity index is 1490. The minimum atomic E-state index is -4.56. The number of hydrogen-bond donors (Lipinski definition) is 1. The van der Waals surface area contributed by atoms with Gasteiger partial charge in [0.2, 0.25) is 15.9 Å². The van der Waals surface area contributed by atoms with E-state index in [0.717, 1.165) is 41.7 Å². The molecular weight excluding hydrogens is 541 g/mol. The number of alkyl halides is 3. The third kappa shape index (κ3) is 5.10. The third-order valence-electron chi connectivity index (χ3n) is 7.10. The molecule has 0 radical (unpaired) electrons. The molecule has 2 N–H and O–H groups in total. The molecule has 12 heteroatoms. The molecule has 0 spiro atoms. The van der Waals surface area contributed by atoms with Crippen LogP contribution in [-0.4, -0.2) is 49.8 Å². The fourth-order valence-electron chi connectivity index (χ4n) is 5.10. The van der Waals surface area contributed by atoms with E-state index in [1.807, 2.05) is 12.1 Å². The van der Waals surface area contributed by atoms with Gasteiger partial charge in [0.05, 0.1) is 10.5 Å². The first-order valence-corrected chi connectivity index (χ1v) is 13.8. The number of sulfonamides is 1. The Morgan fingerprint density at radius 3 is 2.32 bits per heavy atom. The third-order valence-corrected chi connectivity index (χ3v) is 9.20. The molecule has 0 saturated carbocycles. The molecule has 2 aliphatic rings. The Labute approximate surface area is 223 Å². The molecule has 0 bridgehead atoms. The molecule has 5 rings (SSSR count). The molecule has 1 atom stereocenters. The molecule has 2 heterocycles. The highest BCUT2D eigenvalue weighted by atomic mass is 35.5. The monoisotopic (exact) mass is 564 g/mol. The number of carbonyl (C=O) groups is 1. The van der Waals surface area contributed by atoms with Gasteiger partial charge in [-0.3, -0.25) is 4.79 Å². The molecule has 1 amide bonds. The second kappa shape index (κ2) is 9.87. The van der Waals surface area contributed by atoms with Crippen LogP contribution >= 0.6 is 11.6 Å². The average Bonchev–Trinajstić information content (AvgIpc) is 3.31. The number of halogens is 4. The van der Waals surface area contributed by atoms with Gasteiger partial charge in [-0.2, -0.15) is 17.5 Å². The lowest BCUT2D eigenvalue weighted by Gasteiger charge is -2.35. The summed E-state index contributed by atoms with van der Waals surface area (Å²) in [6.45, 7) is 0.540. The first-order valence-electron chi connectivity index (χ1n) is 12.0. The number of primary amides is 1. The number of anilines is 1. The smallest absolute Gasteiger partial charge is 0.366 e. The minimum Gasteiger partial charge on any atom is -0.366 e. The number of aromatic nitrogens is 1. The van der Waals surface area contributed by atoms with Crippen LogP contribution in [0.15, 0.2) is 59.5 Å². The van der Waals surface area contributed by atoms with Gasteiger partial charge in [0, 0.05) is 37.7 Å². The van der Waals surface area contributed by atoms with Crippen molar-refractivity contribution in [2.45, 2.75) is 29.8 Å². The lowest BCUT2D eigenvalue weighted by Crippen LogP contribution is -2.49. The number of fused-ring (bicyclic) bond motifs is 1. The second-order valence-electron chi connectivity index (χ2n) is 9.36. The van der Waals surface area contributed by atoms with Crippen LogP contribution in [0.3, 0.4) is 0 Å². The van der Waals surface area contributed by atoms with Crippen molar-refractivity contribution in [1.29, 1.82) is 0 Å². The largest absolute Gasteiger partial charge is 0.416 e. The maximum Gasteiger partial charge on any atom is 0.416 e. The Morgan fingerprint density at radius 2 is 1.68 bits per heavy atom. The second-order valence-corrected chi connectivity index (χ2v) is 11.7. The number of pyridine rings is 1. The number of rotatable bonds is 5. The highest BCUT2D eigenvalue weighted by molar-refractivity contribution is 7.89. The van der Waals surface area contributed by atoms with E-state index in [0.29, 0.717) is 5.56 Å². The van der Waals surface area contributed by atoms with Crippen LogP contribution in [0.4, 0.5) is 19.0 Å². The summed E-state index contributed by atoms with van der Waals surface area (Å²) in [7, 11) is -3.79. The van der Waals surface area contributed by atoms with Gasteiger partial charge in [0.1, 0.15) is 11.0 Å². The number of hydrogen-bond acceptors (Lipinski definition) is 5. The van der Waals surface area contributed by atoms with Crippen molar-refractivity contribution in [1.82, 2.24) is 9.29 Å². The Morgan fingerprint density at radius 1 is 1.00 bits per heavy atom. The van der Waals surface area contributed by atoms with E-state index < -0.39 is 27.7 Å². The number of carbonyl (C=O) groups excluding carboxylic acids is 1. The molecule has 1 aliphatic heterocycles. The van der Waals surface area contributed by atoms with Crippen LogP contribution in [0.1, 0.15) is 45.0 Å². The Hall–Kier alpha value is -3.15. The molecule has 1 aromatic heterocycles. The fraction of sp³-hybridized carbons (Fsp3) is 0.308. The summed E-state index contributed by atoms with van der Waals surface area (Å²) in [4.78, 5) is 17.2. The van der Waals surface area contributed by atoms with Gasteiger partial charge in [-0.25, -0.2) is 13.4 Å². The number of piperazine rings is 1. The molecule has 1 fully saturated rings. The number of benzene rings is 2. The zero-order valence-electron chi connectivity index (χ0n) is 20.1. The summed E-state index contributed by atoms with van der Waals surface area (Å²) in [6.07, 6.45) is -2.91. The molecule has 1 saturated heterocycles. The van der Waals surface area contributed by atoms with Gasteiger partial charge < -0.3 is 10.6 Å². The summed E-state index contributed by atoms with van der Waals surface area (Å²) in [5, 5.41) is -0.275. The molecule has 38 heavy (non-hydrogen) atoms. The van der Waals surface area contributed by atoms with Gasteiger partial charge in [0.15, 0.2) is 0 Å². The van der Waals surface area contributed by atoms with E-state index in [4.69, 9.17) is 17.3 Å². The van der Waals surface area contributed by atoms with Crippen molar-refractivity contribution in [2.24, 2.45) is 5.73 Å². The zero-order valence-corrected chi connectivity index (χ0v) is 21.7. The van der Waals surface area contributed by atoms with E-state index in [-0.39, 0.29) is 48.0 Å². The summed E-state index contributed by atoms with van der Waals surface area (Å²) in [5.74, 6) is -0.313. The van der Waals surface area contributed by atoms with Crippen molar-refractivity contribution in [3.63, 3.8) is 0 Å². The van der Waals surface area contributed by atoms with E-state index in [9.17, 15) is 26.4 Å². The number of nitrogens with zero attached hydrogens (tertiary/aromatic N) is 3. The standard InChI is InChI=1S/C26H24ClF3N4O3S/c27-23-14-19(26(28,29)30)15-24(32-23)33-9-11-34(12-10-33)38(36,37)20-5-1-16(2-6-20)21-7-3-17-13-18(25(31)35)4-8-22(17)21/h1-2,4-6,8,13-15,21H,3,7,9-12H2,(H2,31,35). The van der Waals surface area contributed by atoms with Crippen LogP contribution in [0.25, 0.3) is 0 Å². The van der Waals surface area contributed by atoms with Gasteiger partial charge >= 0.3 is 6.18 Å². The lowest BCUT2D eigenvalue weighted by atomic mass is 9.92. The summed E-state index contributed by atoms with van der Waals surface area (Å²) in [6, 6.07) is 13.9. The van der Waals surface area contributed by atoms with Crippen LogP contribution in [-0.2, 0) is 22.6 Å². The molecular formula is C26H24ClF3N4O3S. The molecule has 1 unspecified atom stereocenters. The summed E-state index contributed by atoms with van der Waals surface area (Å²) >= 11 is 5.80. The van der Waals surface area contributed by atoms with Crippen molar-refractivity contribution < 1.29 is 26.4 Å². The summed E-state index contributed by atoms with van der Waals surface area (Å²) < 4.78 is 67.4. The van der Waals surface area contributed by atoms with E-state index in [2.05, 4.69) is 4.98 Å². The van der Waals surface area contributed by atoms with Gasteiger partial charge in [-0.05, 0) is 65.9 Å². The predicted octanol–water partition coefficient (Wildman–Crippen LogP) is 4.44. The molecule has 2 aromatic carbocycles. The Kier molecular flexibility index (Phi) is 6.87. The van der Waals surface area contributed by atoms with Crippen LogP contribution in [0, 0.1) is 0 Å². The van der Waals surface area contributed by atoms with E-state index in [1.165, 1.54) is 4.31 Å². The lowest BCUT2D eigenvalue weighted by molar-refractivity contribution is -0.137. The van der Waals surface area contributed by atoms with Gasteiger partial charge in [-0.15, -0.1) is 0 Å². The van der Waals surface area contributed by atoms with Crippen LogP contribution in [0.5, 0.6) is 0 Å². The maximum atomic E-state index is 13.3. The minimum absolute atomic E-state index is 0.0611. The van der Waals surface area contributed by atoms with E-state index in [1.54, 1.807) is 35.2 Å². The number of aryl methyl sites for hydroxylation is 1. The summed E-state index contributed by atoms with van der Waals surface area (Å²) in [5.41, 5.74) is 8.10. The topological polar surface area (TPSA) is 96.6 Å². The molecule has 1 aliphatic carbocycles. The van der Waals surface area contributed by atoms with Gasteiger partial charge in [0.25, 0.3) is 0 Å². The molecule has 200 valence electrons. The van der Waals surface area contributed by atoms with Gasteiger partial charge in [-0.1, -0.05) is 29.8 Å². The van der Waals surface area contributed by atoms with Crippen molar-refractivity contribution >= 4 is 33.3 Å².